The van der Waals surface area contributed by atoms with Gasteiger partial charge in [0.25, 0.3) is 0 Å². The highest BCUT2D eigenvalue weighted by Crippen LogP contribution is 2.15. The van der Waals surface area contributed by atoms with Gasteiger partial charge in [0.05, 0.1) is 5.60 Å². The van der Waals surface area contributed by atoms with Gasteiger partial charge in [0, 0.05) is 17.5 Å². The van der Waals surface area contributed by atoms with Crippen molar-refractivity contribution in [2.24, 2.45) is 0 Å². The summed E-state index contributed by atoms with van der Waals surface area (Å²) in [7, 11) is 0. The van der Waals surface area contributed by atoms with Crippen LogP contribution in [0.5, 0.6) is 0 Å². The van der Waals surface area contributed by atoms with Crippen LogP contribution in [0.25, 0.3) is 0 Å². The molecule has 0 radical (unpaired) electrons. The summed E-state index contributed by atoms with van der Waals surface area (Å²) < 4.78 is 0. The molecule has 0 spiro atoms. The summed E-state index contributed by atoms with van der Waals surface area (Å²) in [6, 6.07) is 16.7. The van der Waals surface area contributed by atoms with Crippen molar-refractivity contribution >= 4 is 5.78 Å². The van der Waals surface area contributed by atoms with E-state index in [9.17, 15) is 9.90 Å². The lowest BCUT2D eigenvalue weighted by Crippen LogP contribution is -2.21. The number of rotatable bonds is 4. The maximum Gasteiger partial charge on any atom is 0.193 e. The zero-order valence-electron chi connectivity index (χ0n) is 11.3. The van der Waals surface area contributed by atoms with Crippen molar-refractivity contribution in [3.8, 4) is 0 Å². The summed E-state index contributed by atoms with van der Waals surface area (Å²) in [5, 5.41) is 9.76. The monoisotopic (exact) mass is 254 g/mol. The third-order valence-electron chi connectivity index (χ3n) is 2.89. The van der Waals surface area contributed by atoms with Crippen molar-refractivity contribution in [3.63, 3.8) is 0 Å². The summed E-state index contributed by atoms with van der Waals surface area (Å²) in [5.41, 5.74) is 1.66. The summed E-state index contributed by atoms with van der Waals surface area (Å²) in [5.74, 6) is 0.0235. The molecule has 0 atom stereocenters. The molecule has 0 heterocycles. The fraction of sp³-hybridized carbons (Fsp3) is 0.235. The predicted molar refractivity (Wildman–Crippen MR) is 76.3 cm³/mol. The number of carbonyl (C=O) groups excluding carboxylic acids is 1. The topological polar surface area (TPSA) is 37.3 Å². The van der Waals surface area contributed by atoms with E-state index in [4.69, 9.17) is 0 Å². The van der Waals surface area contributed by atoms with Gasteiger partial charge < -0.3 is 5.11 Å². The maximum absolute atomic E-state index is 12.2. The fourth-order valence-electron chi connectivity index (χ4n) is 2.03. The number of hydrogen-bond acceptors (Lipinski definition) is 2. The smallest absolute Gasteiger partial charge is 0.193 e. The van der Waals surface area contributed by atoms with E-state index in [0.29, 0.717) is 17.5 Å². The van der Waals surface area contributed by atoms with E-state index in [0.717, 1.165) is 5.56 Å². The summed E-state index contributed by atoms with van der Waals surface area (Å²) >= 11 is 0. The van der Waals surface area contributed by atoms with Crippen molar-refractivity contribution in [2.45, 2.75) is 25.9 Å². The first-order valence-corrected chi connectivity index (χ1v) is 6.37. The highest BCUT2D eigenvalue weighted by Gasteiger charge is 2.14. The molecule has 0 bridgehead atoms. The van der Waals surface area contributed by atoms with E-state index in [1.54, 1.807) is 13.8 Å². The van der Waals surface area contributed by atoms with Crippen molar-refractivity contribution in [3.05, 3.63) is 71.3 Å². The molecule has 98 valence electrons. The Kier molecular flexibility index (Phi) is 3.82. The second-order valence-corrected chi connectivity index (χ2v) is 5.38. The largest absolute Gasteiger partial charge is 0.390 e. The van der Waals surface area contributed by atoms with Gasteiger partial charge in [-0.2, -0.15) is 0 Å². The Balaban J connectivity index is 2.17. The number of benzene rings is 2. The number of aliphatic hydroxyl groups is 1. The minimum atomic E-state index is -0.731. The standard InChI is InChI=1S/C17H18O2/c1-17(2,19)12-13-8-10-15(11-9-13)16(18)14-6-4-3-5-7-14/h3-11,19H,12H2,1-2H3. The molecule has 0 saturated carbocycles. The summed E-state index contributed by atoms with van der Waals surface area (Å²) in [4.78, 5) is 12.2. The Morgan fingerprint density at radius 2 is 1.47 bits per heavy atom. The molecule has 0 aliphatic carbocycles. The zero-order valence-corrected chi connectivity index (χ0v) is 11.3. The maximum atomic E-state index is 12.2. The van der Waals surface area contributed by atoms with Crippen LogP contribution in [0, 0.1) is 0 Å². The van der Waals surface area contributed by atoms with Gasteiger partial charge >= 0.3 is 0 Å². The second kappa shape index (κ2) is 5.37. The van der Waals surface area contributed by atoms with Crippen LogP contribution in [0.15, 0.2) is 54.6 Å². The Bertz CT molecular complexity index is 548. The first-order chi connectivity index (χ1) is 8.96. The summed E-state index contributed by atoms with van der Waals surface area (Å²) in [6.45, 7) is 3.55. The van der Waals surface area contributed by atoms with Gasteiger partial charge in [0.15, 0.2) is 5.78 Å². The zero-order chi connectivity index (χ0) is 13.9. The Hall–Kier alpha value is -1.93. The quantitative estimate of drug-likeness (QED) is 0.850. The van der Waals surface area contributed by atoms with Crippen molar-refractivity contribution in [2.75, 3.05) is 0 Å². The van der Waals surface area contributed by atoms with Gasteiger partial charge in [-0.05, 0) is 19.4 Å². The lowest BCUT2D eigenvalue weighted by Gasteiger charge is -2.16. The van der Waals surface area contributed by atoms with Crippen LogP contribution in [0.1, 0.15) is 35.3 Å². The SMILES string of the molecule is CC(C)(O)Cc1ccc(C(=O)c2ccccc2)cc1. The molecule has 2 rings (SSSR count). The van der Waals surface area contributed by atoms with Crippen LogP contribution >= 0.6 is 0 Å². The molecular formula is C17H18O2. The minimum absolute atomic E-state index is 0.0235. The third-order valence-corrected chi connectivity index (χ3v) is 2.89. The van der Waals surface area contributed by atoms with Gasteiger partial charge in [0.1, 0.15) is 0 Å². The highest BCUT2D eigenvalue weighted by molar-refractivity contribution is 6.08. The van der Waals surface area contributed by atoms with Crippen LogP contribution < -0.4 is 0 Å². The van der Waals surface area contributed by atoms with Gasteiger partial charge in [-0.15, -0.1) is 0 Å². The van der Waals surface area contributed by atoms with Gasteiger partial charge in [0.2, 0.25) is 0 Å². The average molecular weight is 254 g/mol. The number of carbonyl (C=O) groups is 1. The van der Waals surface area contributed by atoms with Gasteiger partial charge in [-0.3, -0.25) is 4.79 Å². The molecule has 2 nitrogen and oxygen atoms in total. The molecule has 0 fully saturated rings. The van der Waals surface area contributed by atoms with E-state index >= 15 is 0 Å². The fourth-order valence-corrected chi connectivity index (χ4v) is 2.03. The van der Waals surface area contributed by atoms with Crippen molar-refractivity contribution in [1.82, 2.24) is 0 Å². The molecule has 2 aromatic rings. The van der Waals surface area contributed by atoms with Crippen LogP contribution in [0.4, 0.5) is 0 Å². The van der Waals surface area contributed by atoms with E-state index in [1.807, 2.05) is 54.6 Å². The van der Waals surface area contributed by atoms with Gasteiger partial charge in [-0.1, -0.05) is 54.6 Å². The average Bonchev–Trinajstić information content (AvgIpc) is 2.38. The first-order valence-electron chi connectivity index (χ1n) is 6.37. The Morgan fingerprint density at radius 3 is 2.00 bits per heavy atom. The molecule has 2 heteroatoms. The van der Waals surface area contributed by atoms with Crippen LogP contribution in [-0.4, -0.2) is 16.5 Å². The molecule has 0 amide bonds. The molecule has 0 saturated heterocycles. The normalized spacial score (nSPS) is 11.3. The molecular weight excluding hydrogens is 236 g/mol. The van der Waals surface area contributed by atoms with E-state index in [1.165, 1.54) is 0 Å². The third kappa shape index (κ3) is 3.76. The molecule has 2 aromatic carbocycles. The van der Waals surface area contributed by atoms with E-state index in [2.05, 4.69) is 0 Å². The van der Waals surface area contributed by atoms with Crippen LogP contribution in [0.3, 0.4) is 0 Å². The summed E-state index contributed by atoms with van der Waals surface area (Å²) in [6.07, 6.45) is 0.576. The Labute approximate surface area is 113 Å². The second-order valence-electron chi connectivity index (χ2n) is 5.38. The van der Waals surface area contributed by atoms with Crippen LogP contribution in [0.2, 0.25) is 0 Å². The highest BCUT2D eigenvalue weighted by atomic mass is 16.3. The molecule has 0 aromatic heterocycles. The number of ketones is 1. The molecule has 0 aliphatic heterocycles. The van der Waals surface area contributed by atoms with E-state index < -0.39 is 5.60 Å². The minimum Gasteiger partial charge on any atom is -0.390 e. The number of hydrogen-bond donors (Lipinski definition) is 1. The van der Waals surface area contributed by atoms with Crippen molar-refractivity contribution < 1.29 is 9.90 Å². The molecule has 1 N–H and O–H groups in total. The van der Waals surface area contributed by atoms with Gasteiger partial charge in [-0.25, -0.2) is 0 Å². The molecule has 0 aliphatic rings. The van der Waals surface area contributed by atoms with Crippen molar-refractivity contribution in [1.29, 1.82) is 0 Å². The predicted octanol–water partition coefficient (Wildman–Crippen LogP) is 3.23. The Morgan fingerprint density at radius 1 is 0.947 bits per heavy atom. The van der Waals surface area contributed by atoms with E-state index in [-0.39, 0.29) is 5.78 Å². The lowest BCUT2D eigenvalue weighted by atomic mass is 9.96. The first kappa shape index (κ1) is 13.5. The van der Waals surface area contributed by atoms with Crippen LogP contribution in [-0.2, 0) is 6.42 Å². The lowest BCUT2D eigenvalue weighted by molar-refractivity contribution is 0.0810. The molecule has 0 unspecified atom stereocenters. The molecule has 19 heavy (non-hydrogen) atoms.